The highest BCUT2D eigenvalue weighted by Crippen LogP contribution is 2.43. The highest BCUT2D eigenvalue weighted by molar-refractivity contribution is 5.46. The van der Waals surface area contributed by atoms with Crippen molar-refractivity contribution in [3.63, 3.8) is 0 Å². The van der Waals surface area contributed by atoms with Crippen LogP contribution in [-0.4, -0.2) is 20.8 Å². The van der Waals surface area contributed by atoms with Crippen LogP contribution in [0.25, 0.3) is 0 Å². The zero-order chi connectivity index (χ0) is 13.7. The Morgan fingerprint density at radius 1 is 1.16 bits per heavy atom. The number of hydrogen-bond donors (Lipinski definition) is 1. The second-order valence-corrected chi connectivity index (χ2v) is 5.48. The maximum atomic E-state index is 6.13. The van der Waals surface area contributed by atoms with Crippen molar-refractivity contribution in [1.82, 2.24) is 0 Å². The van der Waals surface area contributed by atoms with Gasteiger partial charge < -0.3 is 15.2 Å². The fourth-order valence-corrected chi connectivity index (χ4v) is 3.32. The molecule has 1 aliphatic carbocycles. The summed E-state index contributed by atoms with van der Waals surface area (Å²) in [6.45, 7) is 1.28. The van der Waals surface area contributed by atoms with Crippen molar-refractivity contribution in [2.24, 2.45) is 5.73 Å². The van der Waals surface area contributed by atoms with E-state index >= 15 is 0 Å². The average molecular weight is 263 g/mol. The molecule has 1 fully saturated rings. The molecule has 1 aliphatic rings. The summed E-state index contributed by atoms with van der Waals surface area (Å²) in [7, 11) is 3.45. The van der Waals surface area contributed by atoms with Crippen LogP contribution in [0.4, 0.5) is 0 Å². The lowest BCUT2D eigenvalue weighted by molar-refractivity contribution is 0.180. The van der Waals surface area contributed by atoms with Crippen LogP contribution in [0.2, 0.25) is 0 Å². The lowest BCUT2D eigenvalue weighted by Crippen LogP contribution is -2.37. The van der Waals surface area contributed by atoms with Gasteiger partial charge in [0.15, 0.2) is 0 Å². The summed E-state index contributed by atoms with van der Waals surface area (Å²) in [4.78, 5) is 0. The first-order chi connectivity index (χ1) is 9.27. The third kappa shape index (κ3) is 2.77. The Kier molecular flexibility index (Phi) is 4.83. The second-order valence-electron chi connectivity index (χ2n) is 5.48. The third-order valence-corrected chi connectivity index (χ3v) is 4.37. The molecule has 19 heavy (non-hydrogen) atoms. The van der Waals surface area contributed by atoms with Crippen LogP contribution in [0.15, 0.2) is 18.2 Å². The van der Waals surface area contributed by atoms with E-state index in [0.717, 1.165) is 24.2 Å². The fourth-order valence-electron chi connectivity index (χ4n) is 3.32. The molecule has 0 spiro atoms. The minimum absolute atomic E-state index is 0.0906. The molecule has 3 heteroatoms. The van der Waals surface area contributed by atoms with Crippen LogP contribution < -0.4 is 10.5 Å². The molecule has 0 aromatic heterocycles. The summed E-state index contributed by atoms with van der Waals surface area (Å²) in [6, 6.07) is 6.34. The normalized spacial score (nSPS) is 18.3. The number of ether oxygens (including phenoxy) is 2. The fraction of sp³-hybridized carbons (Fsp3) is 0.625. The molecule has 106 valence electrons. The second kappa shape index (κ2) is 6.40. The van der Waals surface area contributed by atoms with Gasteiger partial charge in [0.2, 0.25) is 0 Å². The van der Waals surface area contributed by atoms with Gasteiger partial charge in [-0.3, -0.25) is 0 Å². The highest BCUT2D eigenvalue weighted by atomic mass is 16.5. The third-order valence-electron chi connectivity index (χ3n) is 4.37. The summed E-state index contributed by atoms with van der Waals surface area (Å²) in [5, 5.41) is 0. The van der Waals surface area contributed by atoms with Crippen LogP contribution >= 0.6 is 0 Å². The van der Waals surface area contributed by atoms with E-state index in [-0.39, 0.29) is 5.41 Å². The topological polar surface area (TPSA) is 44.5 Å². The number of nitrogens with two attached hydrogens (primary N) is 1. The Morgan fingerprint density at radius 3 is 2.47 bits per heavy atom. The van der Waals surface area contributed by atoms with Crippen molar-refractivity contribution in [1.29, 1.82) is 0 Å². The van der Waals surface area contributed by atoms with Gasteiger partial charge in [0.25, 0.3) is 0 Å². The van der Waals surface area contributed by atoms with Crippen molar-refractivity contribution in [2.75, 3.05) is 20.8 Å². The standard InChI is InChI=1S/C16H25NO2/c1-18-11-13-7-6-8-14(15(13)19-2)16(12-17)9-4-3-5-10-16/h6-8H,3-5,9-12,17H2,1-2H3. The maximum Gasteiger partial charge on any atom is 0.128 e. The van der Waals surface area contributed by atoms with Crippen molar-refractivity contribution in [3.8, 4) is 5.75 Å². The van der Waals surface area contributed by atoms with Gasteiger partial charge in [0.1, 0.15) is 5.75 Å². The molecule has 0 bridgehead atoms. The molecule has 1 saturated carbocycles. The number of hydrogen-bond acceptors (Lipinski definition) is 3. The summed E-state index contributed by atoms with van der Waals surface area (Å²) in [5.74, 6) is 0.969. The Hall–Kier alpha value is -1.06. The largest absolute Gasteiger partial charge is 0.496 e. The molecule has 2 N–H and O–H groups in total. The van der Waals surface area contributed by atoms with Gasteiger partial charge in [-0.05, 0) is 12.8 Å². The summed E-state index contributed by atoms with van der Waals surface area (Å²) in [5.41, 5.74) is 8.60. The summed E-state index contributed by atoms with van der Waals surface area (Å²) < 4.78 is 10.9. The molecule has 1 aromatic rings. The smallest absolute Gasteiger partial charge is 0.128 e. The van der Waals surface area contributed by atoms with E-state index in [1.807, 2.05) is 0 Å². The Balaban J connectivity index is 2.44. The summed E-state index contributed by atoms with van der Waals surface area (Å²) in [6.07, 6.45) is 6.16. The number of methoxy groups -OCH3 is 2. The minimum atomic E-state index is 0.0906. The van der Waals surface area contributed by atoms with Gasteiger partial charge in [-0.15, -0.1) is 0 Å². The van der Waals surface area contributed by atoms with Crippen molar-refractivity contribution >= 4 is 0 Å². The first kappa shape index (κ1) is 14.4. The molecular formula is C16H25NO2. The van der Waals surface area contributed by atoms with Crippen LogP contribution in [0, 0.1) is 0 Å². The predicted molar refractivity (Wildman–Crippen MR) is 77.5 cm³/mol. The molecule has 0 amide bonds. The van der Waals surface area contributed by atoms with E-state index in [2.05, 4.69) is 18.2 Å². The molecule has 1 aromatic carbocycles. The molecule has 2 rings (SSSR count). The zero-order valence-electron chi connectivity index (χ0n) is 12.1. The maximum absolute atomic E-state index is 6.13. The van der Waals surface area contributed by atoms with Crippen LogP contribution in [0.5, 0.6) is 5.75 Å². The van der Waals surface area contributed by atoms with Crippen molar-refractivity contribution in [2.45, 2.75) is 44.1 Å². The monoisotopic (exact) mass is 263 g/mol. The van der Waals surface area contributed by atoms with Gasteiger partial charge in [-0.1, -0.05) is 37.5 Å². The van der Waals surface area contributed by atoms with Gasteiger partial charge >= 0.3 is 0 Å². The molecular weight excluding hydrogens is 238 g/mol. The van der Waals surface area contributed by atoms with Gasteiger partial charge in [0.05, 0.1) is 13.7 Å². The Bertz CT molecular complexity index is 411. The predicted octanol–water partition coefficient (Wildman–Crippen LogP) is 3.00. The van der Waals surface area contributed by atoms with E-state index < -0.39 is 0 Å². The molecule has 3 nitrogen and oxygen atoms in total. The van der Waals surface area contributed by atoms with E-state index in [1.165, 1.54) is 24.8 Å². The van der Waals surface area contributed by atoms with Crippen LogP contribution in [-0.2, 0) is 16.8 Å². The molecule has 0 radical (unpaired) electrons. The first-order valence-corrected chi connectivity index (χ1v) is 7.13. The molecule has 0 heterocycles. The van der Waals surface area contributed by atoms with Crippen molar-refractivity contribution in [3.05, 3.63) is 29.3 Å². The number of para-hydroxylation sites is 1. The quantitative estimate of drug-likeness (QED) is 0.888. The average Bonchev–Trinajstić information content (AvgIpc) is 2.48. The number of benzene rings is 1. The lowest BCUT2D eigenvalue weighted by atomic mass is 9.69. The molecule has 0 saturated heterocycles. The van der Waals surface area contributed by atoms with Gasteiger partial charge in [0, 0.05) is 30.2 Å². The van der Waals surface area contributed by atoms with E-state index in [1.54, 1.807) is 14.2 Å². The van der Waals surface area contributed by atoms with Crippen molar-refractivity contribution < 1.29 is 9.47 Å². The molecule has 0 unspecified atom stereocenters. The molecule has 0 atom stereocenters. The van der Waals surface area contributed by atoms with Crippen LogP contribution in [0.1, 0.15) is 43.2 Å². The van der Waals surface area contributed by atoms with Gasteiger partial charge in [-0.2, -0.15) is 0 Å². The SMILES string of the molecule is COCc1cccc(C2(CN)CCCCC2)c1OC. The van der Waals surface area contributed by atoms with Gasteiger partial charge in [-0.25, -0.2) is 0 Å². The Morgan fingerprint density at radius 2 is 1.89 bits per heavy atom. The highest BCUT2D eigenvalue weighted by Gasteiger charge is 2.35. The summed E-state index contributed by atoms with van der Waals surface area (Å²) >= 11 is 0. The minimum Gasteiger partial charge on any atom is -0.496 e. The zero-order valence-corrected chi connectivity index (χ0v) is 12.1. The first-order valence-electron chi connectivity index (χ1n) is 7.13. The van der Waals surface area contributed by atoms with E-state index in [9.17, 15) is 0 Å². The van der Waals surface area contributed by atoms with E-state index in [0.29, 0.717) is 13.2 Å². The Labute approximate surface area is 116 Å². The number of rotatable bonds is 5. The van der Waals surface area contributed by atoms with Crippen LogP contribution in [0.3, 0.4) is 0 Å². The van der Waals surface area contributed by atoms with E-state index in [4.69, 9.17) is 15.2 Å². The lowest BCUT2D eigenvalue weighted by Gasteiger charge is -2.38. The molecule has 0 aliphatic heterocycles.